The average molecular weight is 353 g/mol. The summed E-state index contributed by atoms with van der Waals surface area (Å²) >= 11 is 0. The van der Waals surface area contributed by atoms with Gasteiger partial charge in [0.05, 0.1) is 11.5 Å². The molecule has 1 aromatic carbocycles. The Hall–Kier alpha value is -2.15. The molecule has 2 aliphatic rings. The van der Waals surface area contributed by atoms with Gasteiger partial charge < -0.3 is 4.74 Å². The third kappa shape index (κ3) is 2.74. The SMILES string of the molecule is CC(=O)OC(C)(C)c1ccc2c(c1)C(=O)C[C@H]1[C@@]2(C)CCC[C@@]1(C)C#N. The molecule has 1 aromatic rings. The fourth-order valence-electron chi connectivity index (χ4n) is 5.14. The third-order valence-electron chi connectivity index (χ3n) is 6.60. The topological polar surface area (TPSA) is 67.2 Å². The van der Waals surface area contributed by atoms with Crippen LogP contribution in [0, 0.1) is 22.7 Å². The largest absolute Gasteiger partial charge is 0.455 e. The molecule has 0 aromatic heterocycles. The summed E-state index contributed by atoms with van der Waals surface area (Å²) in [7, 11) is 0. The van der Waals surface area contributed by atoms with E-state index in [9.17, 15) is 14.9 Å². The summed E-state index contributed by atoms with van der Waals surface area (Å²) in [6.07, 6.45) is 3.24. The van der Waals surface area contributed by atoms with Crippen LogP contribution >= 0.6 is 0 Å². The van der Waals surface area contributed by atoms with Gasteiger partial charge in [-0.2, -0.15) is 5.26 Å². The van der Waals surface area contributed by atoms with Gasteiger partial charge in [-0.3, -0.25) is 9.59 Å². The van der Waals surface area contributed by atoms with Crippen LogP contribution in [-0.4, -0.2) is 11.8 Å². The molecular formula is C22H27NO3. The molecule has 0 N–H and O–H groups in total. The van der Waals surface area contributed by atoms with Gasteiger partial charge in [-0.1, -0.05) is 25.5 Å². The Labute approximate surface area is 155 Å². The van der Waals surface area contributed by atoms with E-state index in [2.05, 4.69) is 13.0 Å². The molecular weight excluding hydrogens is 326 g/mol. The molecule has 3 rings (SSSR count). The lowest BCUT2D eigenvalue weighted by Gasteiger charge is -2.52. The average Bonchev–Trinajstić information content (AvgIpc) is 2.56. The summed E-state index contributed by atoms with van der Waals surface area (Å²) in [6.45, 7) is 9.27. The van der Waals surface area contributed by atoms with Crippen LogP contribution in [0.15, 0.2) is 18.2 Å². The van der Waals surface area contributed by atoms with E-state index in [1.807, 2.05) is 39.0 Å². The predicted octanol–water partition coefficient (Wildman–Crippen LogP) is 4.66. The van der Waals surface area contributed by atoms with Crippen LogP contribution in [-0.2, 0) is 20.5 Å². The second kappa shape index (κ2) is 5.94. The van der Waals surface area contributed by atoms with E-state index in [1.54, 1.807) is 0 Å². The van der Waals surface area contributed by atoms with E-state index in [0.717, 1.165) is 36.0 Å². The number of hydrogen-bond donors (Lipinski definition) is 0. The van der Waals surface area contributed by atoms with Gasteiger partial charge in [0.1, 0.15) is 5.60 Å². The second-order valence-corrected chi connectivity index (χ2v) is 8.84. The van der Waals surface area contributed by atoms with E-state index < -0.39 is 11.0 Å². The van der Waals surface area contributed by atoms with Gasteiger partial charge in [-0.25, -0.2) is 0 Å². The van der Waals surface area contributed by atoms with E-state index in [0.29, 0.717) is 6.42 Å². The van der Waals surface area contributed by atoms with Crippen LogP contribution in [0.1, 0.15) is 81.8 Å². The van der Waals surface area contributed by atoms with Gasteiger partial charge in [0.15, 0.2) is 5.78 Å². The summed E-state index contributed by atoms with van der Waals surface area (Å²) in [5, 5.41) is 9.76. The van der Waals surface area contributed by atoms with Crippen molar-refractivity contribution in [2.24, 2.45) is 11.3 Å². The highest BCUT2D eigenvalue weighted by atomic mass is 16.6. The zero-order chi connectivity index (χ0) is 19.3. The highest BCUT2D eigenvalue weighted by Gasteiger charge is 2.54. The number of fused-ring (bicyclic) bond motifs is 3. The van der Waals surface area contributed by atoms with Crippen molar-refractivity contribution in [1.29, 1.82) is 5.26 Å². The quantitative estimate of drug-likeness (QED) is 0.725. The van der Waals surface area contributed by atoms with Crippen molar-refractivity contribution in [2.75, 3.05) is 0 Å². The summed E-state index contributed by atoms with van der Waals surface area (Å²) < 4.78 is 5.44. The molecule has 3 atom stereocenters. The number of carbonyl (C=O) groups is 2. The van der Waals surface area contributed by atoms with Gasteiger partial charge in [-0.15, -0.1) is 0 Å². The van der Waals surface area contributed by atoms with Crippen LogP contribution in [0.3, 0.4) is 0 Å². The van der Waals surface area contributed by atoms with Gasteiger partial charge in [0.2, 0.25) is 0 Å². The van der Waals surface area contributed by atoms with E-state index in [1.165, 1.54) is 6.92 Å². The van der Waals surface area contributed by atoms with E-state index in [-0.39, 0.29) is 23.1 Å². The lowest BCUT2D eigenvalue weighted by molar-refractivity contribution is -0.154. The number of ether oxygens (including phenoxy) is 1. The van der Waals surface area contributed by atoms with Crippen LogP contribution < -0.4 is 0 Å². The molecule has 0 bridgehead atoms. The molecule has 138 valence electrons. The van der Waals surface area contributed by atoms with Gasteiger partial charge in [0.25, 0.3) is 0 Å². The number of rotatable bonds is 2. The predicted molar refractivity (Wildman–Crippen MR) is 98.6 cm³/mol. The fourth-order valence-corrected chi connectivity index (χ4v) is 5.14. The smallest absolute Gasteiger partial charge is 0.303 e. The first-order chi connectivity index (χ1) is 12.0. The minimum atomic E-state index is -0.785. The first-order valence-corrected chi connectivity index (χ1v) is 9.32. The second-order valence-electron chi connectivity index (χ2n) is 8.84. The molecule has 0 amide bonds. The Bertz CT molecular complexity index is 819. The van der Waals surface area contributed by atoms with Crippen LogP contribution in [0.25, 0.3) is 0 Å². The zero-order valence-electron chi connectivity index (χ0n) is 16.3. The van der Waals surface area contributed by atoms with Crippen molar-refractivity contribution in [3.05, 3.63) is 34.9 Å². The van der Waals surface area contributed by atoms with Crippen LogP contribution in [0.5, 0.6) is 0 Å². The van der Waals surface area contributed by atoms with Crippen molar-refractivity contribution in [2.45, 2.75) is 71.3 Å². The summed E-state index contributed by atoms with van der Waals surface area (Å²) in [6, 6.07) is 8.37. The molecule has 0 unspecified atom stereocenters. The number of nitriles is 1. The number of hydrogen-bond acceptors (Lipinski definition) is 4. The number of carbonyl (C=O) groups excluding carboxylic acids is 2. The molecule has 0 radical (unpaired) electrons. The minimum Gasteiger partial charge on any atom is -0.455 e. The van der Waals surface area contributed by atoms with Gasteiger partial charge in [-0.05, 0) is 62.1 Å². The normalized spacial score (nSPS) is 30.8. The maximum atomic E-state index is 13.0. The van der Waals surface area contributed by atoms with Gasteiger partial charge >= 0.3 is 5.97 Å². The lowest BCUT2D eigenvalue weighted by Crippen LogP contribution is -2.50. The summed E-state index contributed by atoms with van der Waals surface area (Å²) in [5.41, 5.74) is 1.17. The molecule has 0 aliphatic heterocycles. The molecule has 1 saturated carbocycles. The molecule has 4 heteroatoms. The standard InChI is InChI=1S/C22H27NO3/c1-14(24)26-20(2,3)15-7-8-17-16(11-15)18(25)12-19-21(4,13-23)9-6-10-22(17,19)5/h7-8,11,19H,6,9-10,12H2,1-5H3/t19-,21+,22+/m1/s1. The molecule has 0 heterocycles. The Balaban J connectivity index is 2.10. The highest BCUT2D eigenvalue weighted by Crippen LogP contribution is 2.57. The van der Waals surface area contributed by atoms with Crippen molar-refractivity contribution in [3.63, 3.8) is 0 Å². The Morgan fingerprint density at radius 1 is 1.31 bits per heavy atom. The molecule has 26 heavy (non-hydrogen) atoms. The number of nitrogens with zero attached hydrogens (tertiary/aromatic N) is 1. The lowest BCUT2D eigenvalue weighted by atomic mass is 9.50. The first kappa shape index (κ1) is 18.6. The molecule has 1 fully saturated rings. The molecule has 0 spiro atoms. The first-order valence-electron chi connectivity index (χ1n) is 9.32. The maximum Gasteiger partial charge on any atom is 0.303 e. The van der Waals surface area contributed by atoms with Crippen molar-refractivity contribution < 1.29 is 14.3 Å². The summed E-state index contributed by atoms with van der Waals surface area (Å²) in [5.74, 6) is -0.212. The number of ketones is 1. The molecule has 0 saturated heterocycles. The number of benzene rings is 1. The highest BCUT2D eigenvalue weighted by molar-refractivity contribution is 6.00. The van der Waals surface area contributed by atoms with Crippen molar-refractivity contribution in [1.82, 2.24) is 0 Å². The van der Waals surface area contributed by atoms with E-state index >= 15 is 0 Å². The molecule has 2 aliphatic carbocycles. The minimum absolute atomic E-state index is 0.0427. The fraction of sp³-hybridized carbons (Fsp3) is 0.591. The Morgan fingerprint density at radius 3 is 2.62 bits per heavy atom. The van der Waals surface area contributed by atoms with Crippen molar-refractivity contribution in [3.8, 4) is 6.07 Å². The monoisotopic (exact) mass is 353 g/mol. The van der Waals surface area contributed by atoms with Crippen LogP contribution in [0.2, 0.25) is 0 Å². The third-order valence-corrected chi connectivity index (χ3v) is 6.60. The summed E-state index contributed by atoms with van der Waals surface area (Å²) in [4.78, 5) is 24.4. The van der Waals surface area contributed by atoms with E-state index in [4.69, 9.17) is 4.74 Å². The Kier molecular flexibility index (Phi) is 4.26. The zero-order valence-corrected chi connectivity index (χ0v) is 16.3. The molecule has 4 nitrogen and oxygen atoms in total. The Morgan fingerprint density at radius 2 is 2.00 bits per heavy atom. The number of Topliss-reactive ketones (excluding diaryl/α,β-unsaturated/α-hetero) is 1. The number of esters is 1. The van der Waals surface area contributed by atoms with Crippen LogP contribution in [0.4, 0.5) is 0 Å². The maximum absolute atomic E-state index is 13.0. The van der Waals surface area contributed by atoms with Gasteiger partial charge in [0, 0.05) is 18.9 Å². The van der Waals surface area contributed by atoms with Crippen molar-refractivity contribution >= 4 is 11.8 Å².